The number of alkyl halides is 1. The van der Waals surface area contributed by atoms with E-state index in [1.165, 1.54) is 6.21 Å². The molecule has 4 atom stereocenters. The van der Waals surface area contributed by atoms with E-state index in [4.69, 9.17) is 9.16 Å². The van der Waals surface area contributed by atoms with E-state index in [-0.39, 0.29) is 18.1 Å². The molecule has 3 heterocycles. The minimum Gasteiger partial charge on any atom is -0.414 e. The zero-order valence-electron chi connectivity index (χ0n) is 14.6. The van der Waals surface area contributed by atoms with E-state index in [2.05, 4.69) is 20.8 Å². The largest absolute Gasteiger partial charge is 0.505 e. The smallest absolute Gasteiger partial charge is 0.414 e. The minimum atomic E-state index is -2.57. The van der Waals surface area contributed by atoms with Gasteiger partial charge in [-0.3, -0.25) is 0 Å². The summed E-state index contributed by atoms with van der Waals surface area (Å²) in [4.78, 5) is 24.5. The Kier molecular flexibility index (Phi) is 3.80. The Morgan fingerprint density at radius 3 is 2.71 bits per heavy atom. The lowest BCUT2D eigenvalue weighted by Gasteiger charge is -2.37. The highest BCUT2D eigenvalue weighted by molar-refractivity contribution is 6.74. The van der Waals surface area contributed by atoms with Gasteiger partial charge in [0.15, 0.2) is 14.4 Å². The van der Waals surface area contributed by atoms with E-state index in [1.807, 2.05) is 13.1 Å². The number of aliphatic hydroxyl groups excluding tert-OH is 1. The molecular formula is C15H24FN2O5Si+. The number of amides is 3. The summed E-state index contributed by atoms with van der Waals surface area (Å²) in [6, 6.07) is -0.790. The van der Waals surface area contributed by atoms with Crippen LogP contribution in [0.4, 0.5) is 9.18 Å². The molecule has 0 radical (unpaired) electrons. The number of hydrogen-bond donors (Lipinski definition) is 1. The van der Waals surface area contributed by atoms with E-state index in [0.717, 1.165) is 4.58 Å². The average Bonchev–Trinajstić information content (AvgIpc) is 2.76. The van der Waals surface area contributed by atoms with Crippen LogP contribution in [0.5, 0.6) is 0 Å². The molecule has 3 rings (SSSR count). The molecule has 2 fully saturated rings. The van der Waals surface area contributed by atoms with Crippen molar-refractivity contribution in [2.45, 2.75) is 69.6 Å². The molecule has 0 aliphatic carbocycles. The van der Waals surface area contributed by atoms with E-state index >= 15 is 4.39 Å². The first-order chi connectivity index (χ1) is 10.9. The molecule has 2 bridgehead atoms. The van der Waals surface area contributed by atoms with Crippen LogP contribution in [-0.4, -0.2) is 71.9 Å². The number of aliphatic hydroxyl groups is 1. The molecular weight excluding hydrogens is 335 g/mol. The highest BCUT2D eigenvalue weighted by Crippen LogP contribution is 2.45. The fourth-order valence-electron chi connectivity index (χ4n) is 2.98. The van der Waals surface area contributed by atoms with Crippen molar-refractivity contribution in [1.82, 2.24) is 4.90 Å². The summed E-state index contributed by atoms with van der Waals surface area (Å²) in [5, 5.41) is 10.4. The van der Waals surface area contributed by atoms with Crippen molar-refractivity contribution in [1.29, 1.82) is 0 Å². The normalized spacial score (nSPS) is 36.2. The van der Waals surface area contributed by atoms with Gasteiger partial charge in [0.2, 0.25) is 0 Å². The van der Waals surface area contributed by atoms with E-state index in [0.29, 0.717) is 4.90 Å². The van der Waals surface area contributed by atoms with Gasteiger partial charge in [0.25, 0.3) is 6.23 Å². The van der Waals surface area contributed by atoms with Crippen LogP contribution in [0.1, 0.15) is 27.2 Å². The lowest BCUT2D eigenvalue weighted by atomic mass is 10.1. The van der Waals surface area contributed by atoms with E-state index in [9.17, 15) is 14.7 Å². The molecule has 3 aliphatic heterocycles. The monoisotopic (exact) mass is 359 g/mol. The van der Waals surface area contributed by atoms with E-state index in [1.54, 1.807) is 0 Å². The first-order valence-corrected chi connectivity index (χ1v) is 11.0. The first-order valence-electron chi connectivity index (χ1n) is 8.06. The number of rotatable bonds is 3. The Hall–Kier alpha value is -1.16. The topological polar surface area (TPSA) is 79.1 Å². The van der Waals surface area contributed by atoms with Crippen LogP contribution in [-0.2, 0) is 14.0 Å². The van der Waals surface area contributed by atoms with Gasteiger partial charge in [-0.15, -0.1) is 4.90 Å². The van der Waals surface area contributed by atoms with Gasteiger partial charge >= 0.3 is 17.7 Å². The molecule has 7 nitrogen and oxygen atoms in total. The Morgan fingerprint density at radius 1 is 1.50 bits per heavy atom. The molecule has 0 saturated carbocycles. The van der Waals surface area contributed by atoms with Crippen molar-refractivity contribution in [2.75, 3.05) is 6.61 Å². The van der Waals surface area contributed by atoms with Gasteiger partial charge in [0.05, 0.1) is 12.8 Å². The fraction of sp³-hybridized carbons (Fsp3) is 0.800. The predicted octanol–water partition coefficient (Wildman–Crippen LogP) is 1.21. The van der Waals surface area contributed by atoms with Crippen LogP contribution in [0, 0.1) is 0 Å². The molecule has 3 aliphatic rings. The molecule has 2 saturated heterocycles. The fourth-order valence-corrected chi connectivity index (χ4v) is 4.00. The first kappa shape index (κ1) is 17.7. The summed E-state index contributed by atoms with van der Waals surface area (Å²) in [7, 11) is -2.10. The Morgan fingerprint density at radius 2 is 2.12 bits per heavy atom. The summed E-state index contributed by atoms with van der Waals surface area (Å²) in [6.45, 7) is 10.3. The molecule has 9 heteroatoms. The van der Waals surface area contributed by atoms with E-state index < -0.39 is 44.5 Å². The number of halogens is 1. The van der Waals surface area contributed by atoms with Crippen molar-refractivity contribution in [3.63, 3.8) is 0 Å². The number of urea groups is 1. The third kappa shape index (κ3) is 2.22. The molecule has 0 aromatic heterocycles. The van der Waals surface area contributed by atoms with Crippen molar-refractivity contribution in [2.24, 2.45) is 0 Å². The Bertz CT molecular complexity index is 632. The van der Waals surface area contributed by atoms with Gasteiger partial charge in [0.1, 0.15) is 12.5 Å². The van der Waals surface area contributed by atoms with Crippen LogP contribution in [0.3, 0.4) is 0 Å². The van der Waals surface area contributed by atoms with Gasteiger partial charge in [-0.2, -0.15) is 13.8 Å². The molecule has 0 aromatic carbocycles. The molecule has 1 N–H and O–H groups in total. The number of nitrogens with zero attached hydrogens (tertiary/aromatic N) is 2. The molecule has 2 unspecified atom stereocenters. The number of carbonyl (C=O) groups is 2. The number of hydrogen-bond acceptors (Lipinski definition) is 5. The molecule has 24 heavy (non-hydrogen) atoms. The van der Waals surface area contributed by atoms with Crippen LogP contribution in [0.15, 0.2) is 0 Å². The second-order valence-electron chi connectivity index (χ2n) is 8.08. The van der Waals surface area contributed by atoms with Crippen LogP contribution in [0.2, 0.25) is 18.1 Å². The minimum absolute atomic E-state index is 0.0177. The van der Waals surface area contributed by atoms with Gasteiger partial charge in [0, 0.05) is 0 Å². The summed E-state index contributed by atoms with van der Waals surface area (Å²) in [6.07, 6.45) is -2.67. The number of imide groups is 1. The summed E-state index contributed by atoms with van der Waals surface area (Å²) in [5.41, 5.74) is 0. The number of fused-ring (bicyclic) bond motifs is 5. The van der Waals surface area contributed by atoms with Crippen molar-refractivity contribution < 1.29 is 32.8 Å². The SMILES string of the molecule is CC(C)(C)[Si](C)(C)OC[C@@H]1O[C@@H]2[N+]3=CCC(=O)N(C3=O)C2(F)C1O. The molecule has 134 valence electrons. The van der Waals surface area contributed by atoms with Crippen molar-refractivity contribution >= 4 is 26.5 Å². The summed E-state index contributed by atoms with van der Waals surface area (Å²) < 4.78 is 28.1. The standard InChI is InChI=1S/C15H24FN2O5Si/c1-14(2,3)24(4,5)22-8-9-11(20)15(16)12(23-9)17-7-6-10(19)18(15)13(17)21/h7,9,11-12,20H,6,8H2,1-5H3/q+1/t9-,11?,12-,15?/m0/s1. The third-order valence-electron chi connectivity index (χ3n) is 5.55. The molecule has 3 amide bonds. The second-order valence-corrected chi connectivity index (χ2v) is 12.9. The van der Waals surface area contributed by atoms with Gasteiger partial charge in [-0.1, -0.05) is 20.8 Å². The van der Waals surface area contributed by atoms with Crippen LogP contribution in [0.25, 0.3) is 0 Å². The maximum absolute atomic E-state index is 15.5. The Labute approximate surface area is 141 Å². The van der Waals surface area contributed by atoms with Gasteiger partial charge in [-0.05, 0) is 18.1 Å². The summed E-state index contributed by atoms with van der Waals surface area (Å²) in [5.74, 6) is -3.24. The third-order valence-corrected chi connectivity index (χ3v) is 10.1. The van der Waals surface area contributed by atoms with Gasteiger partial charge < -0.3 is 14.3 Å². The highest BCUT2D eigenvalue weighted by Gasteiger charge is 2.78. The number of ether oxygens (including phenoxy) is 1. The number of carbonyl (C=O) groups excluding carboxylic acids is 2. The van der Waals surface area contributed by atoms with Crippen LogP contribution >= 0.6 is 0 Å². The second kappa shape index (κ2) is 5.17. The highest BCUT2D eigenvalue weighted by atomic mass is 28.4. The quantitative estimate of drug-likeness (QED) is 0.465. The maximum Gasteiger partial charge on any atom is 0.505 e. The lowest BCUT2D eigenvalue weighted by Crippen LogP contribution is -2.56. The average molecular weight is 359 g/mol. The maximum atomic E-state index is 15.5. The van der Waals surface area contributed by atoms with Crippen molar-refractivity contribution in [3.05, 3.63) is 0 Å². The molecule has 0 aromatic rings. The van der Waals surface area contributed by atoms with Gasteiger partial charge in [-0.25, -0.2) is 4.79 Å². The van der Waals surface area contributed by atoms with Crippen molar-refractivity contribution in [3.8, 4) is 0 Å². The van der Waals surface area contributed by atoms with Crippen LogP contribution < -0.4 is 0 Å². The molecule has 0 spiro atoms. The zero-order chi connectivity index (χ0) is 18.1. The summed E-state index contributed by atoms with van der Waals surface area (Å²) >= 11 is 0. The predicted molar refractivity (Wildman–Crippen MR) is 84.8 cm³/mol. The lowest BCUT2D eigenvalue weighted by molar-refractivity contribution is -0.520. The Balaban J connectivity index is 1.80. The zero-order valence-corrected chi connectivity index (χ0v) is 15.6.